The van der Waals surface area contributed by atoms with Gasteiger partial charge in [0.05, 0.1) is 25.5 Å². The van der Waals surface area contributed by atoms with Crippen LogP contribution in [0.5, 0.6) is 0 Å². The third kappa shape index (κ3) is 7.04. The molecule has 2 heterocycles. The Morgan fingerprint density at radius 3 is 2.88 bits per heavy atom. The fourth-order valence-electron chi connectivity index (χ4n) is 2.49. The summed E-state index contributed by atoms with van der Waals surface area (Å²) in [4.78, 5) is 8.51. The van der Waals surface area contributed by atoms with Gasteiger partial charge in [0.2, 0.25) is 5.89 Å². The molecule has 0 aromatic carbocycles. The first kappa shape index (κ1) is 19.7. The van der Waals surface area contributed by atoms with Crippen LogP contribution in [-0.2, 0) is 21.4 Å². The molecule has 25 heavy (non-hydrogen) atoms. The van der Waals surface area contributed by atoms with Gasteiger partial charge in [0.25, 0.3) is 0 Å². The molecule has 1 unspecified atom stereocenters. The number of hydrogen-bond acceptors (Lipinski definition) is 5. The minimum absolute atomic E-state index is 0.0330. The maximum absolute atomic E-state index is 5.76. The molecular weight excluding hydrogens is 320 g/mol. The van der Waals surface area contributed by atoms with E-state index in [1.807, 2.05) is 0 Å². The van der Waals surface area contributed by atoms with E-state index in [-0.39, 0.29) is 5.41 Å². The van der Waals surface area contributed by atoms with Gasteiger partial charge < -0.3 is 24.5 Å². The van der Waals surface area contributed by atoms with Gasteiger partial charge in [-0.05, 0) is 19.3 Å². The van der Waals surface area contributed by atoms with E-state index in [1.54, 1.807) is 13.2 Å². The molecule has 0 aliphatic carbocycles. The van der Waals surface area contributed by atoms with Crippen molar-refractivity contribution < 1.29 is 13.9 Å². The van der Waals surface area contributed by atoms with Crippen molar-refractivity contribution >= 4 is 5.96 Å². The van der Waals surface area contributed by atoms with Gasteiger partial charge in [0, 0.05) is 32.2 Å². The summed E-state index contributed by atoms with van der Waals surface area (Å²) in [5, 5.41) is 6.47. The highest BCUT2D eigenvalue weighted by Gasteiger charge is 2.19. The standard InChI is InChI=1S/C18H32N4O3/c1-18(2,3)15-11-21-16(25-15)12-22-17(19-4)20-8-6-9-23-13-14-7-5-10-24-14/h11,14H,5-10,12-13H2,1-4H3,(H2,19,20,22). The lowest BCUT2D eigenvalue weighted by Gasteiger charge is -2.13. The third-order valence-electron chi connectivity index (χ3n) is 4.01. The van der Waals surface area contributed by atoms with E-state index in [9.17, 15) is 0 Å². The summed E-state index contributed by atoms with van der Waals surface area (Å²) in [6.07, 6.45) is 5.27. The number of ether oxygens (including phenoxy) is 2. The van der Waals surface area contributed by atoms with Crippen LogP contribution in [0.2, 0.25) is 0 Å². The average Bonchev–Trinajstić information content (AvgIpc) is 3.24. The Hall–Kier alpha value is -1.60. The van der Waals surface area contributed by atoms with Crippen LogP contribution in [0.4, 0.5) is 0 Å². The van der Waals surface area contributed by atoms with Gasteiger partial charge in [-0.2, -0.15) is 0 Å². The molecule has 1 fully saturated rings. The SMILES string of the molecule is CN=C(NCCCOCC1CCCO1)NCc1ncc(C(C)(C)C)o1. The molecule has 2 N–H and O–H groups in total. The maximum atomic E-state index is 5.76. The van der Waals surface area contributed by atoms with Crippen LogP contribution < -0.4 is 10.6 Å². The summed E-state index contributed by atoms with van der Waals surface area (Å²) in [6.45, 7) is 9.91. The highest BCUT2D eigenvalue weighted by molar-refractivity contribution is 5.79. The topological polar surface area (TPSA) is 80.9 Å². The van der Waals surface area contributed by atoms with Gasteiger partial charge in [-0.3, -0.25) is 4.99 Å². The number of aromatic nitrogens is 1. The highest BCUT2D eigenvalue weighted by Crippen LogP contribution is 2.22. The molecule has 0 spiro atoms. The summed E-state index contributed by atoms with van der Waals surface area (Å²) in [5.74, 6) is 2.28. The van der Waals surface area contributed by atoms with Crippen LogP contribution in [0.3, 0.4) is 0 Å². The van der Waals surface area contributed by atoms with Crippen LogP contribution in [-0.4, -0.2) is 50.5 Å². The van der Waals surface area contributed by atoms with Crippen LogP contribution in [0.25, 0.3) is 0 Å². The van der Waals surface area contributed by atoms with Gasteiger partial charge in [0.15, 0.2) is 5.96 Å². The maximum Gasteiger partial charge on any atom is 0.213 e. The Bertz CT molecular complexity index is 531. The molecule has 0 amide bonds. The van der Waals surface area contributed by atoms with Gasteiger partial charge in [0.1, 0.15) is 5.76 Å². The normalized spacial score (nSPS) is 18.6. The van der Waals surface area contributed by atoms with Crippen LogP contribution >= 0.6 is 0 Å². The summed E-state index contributed by atoms with van der Waals surface area (Å²) in [6, 6.07) is 0. The van der Waals surface area contributed by atoms with Crippen molar-refractivity contribution in [3.05, 3.63) is 17.8 Å². The monoisotopic (exact) mass is 352 g/mol. The quantitative estimate of drug-likeness (QED) is 0.424. The Morgan fingerprint density at radius 2 is 2.24 bits per heavy atom. The Labute approximate surface area is 150 Å². The van der Waals surface area contributed by atoms with Crippen molar-refractivity contribution in [1.29, 1.82) is 0 Å². The van der Waals surface area contributed by atoms with Gasteiger partial charge in [-0.15, -0.1) is 0 Å². The first-order valence-corrected chi connectivity index (χ1v) is 9.08. The molecule has 1 aromatic heterocycles. The van der Waals surface area contributed by atoms with E-state index < -0.39 is 0 Å². The summed E-state index contributed by atoms with van der Waals surface area (Å²) < 4.78 is 16.9. The van der Waals surface area contributed by atoms with Gasteiger partial charge >= 0.3 is 0 Å². The molecule has 1 atom stereocenters. The second-order valence-electron chi connectivity index (χ2n) is 7.28. The Kier molecular flexibility index (Phi) is 7.71. The molecule has 142 valence electrons. The Balaban J connectivity index is 1.58. The molecule has 2 rings (SSSR count). The first-order chi connectivity index (χ1) is 12.0. The summed E-state index contributed by atoms with van der Waals surface area (Å²) in [7, 11) is 1.75. The molecule has 1 saturated heterocycles. The number of nitrogens with zero attached hydrogens (tertiary/aromatic N) is 2. The number of guanidine groups is 1. The number of oxazole rings is 1. The fourth-order valence-corrected chi connectivity index (χ4v) is 2.49. The molecule has 1 aromatic rings. The molecule has 7 nitrogen and oxygen atoms in total. The van der Waals surface area contributed by atoms with E-state index in [1.165, 1.54) is 0 Å². The van der Waals surface area contributed by atoms with E-state index in [0.717, 1.165) is 50.7 Å². The molecule has 1 aliphatic rings. The second-order valence-corrected chi connectivity index (χ2v) is 7.28. The molecule has 0 radical (unpaired) electrons. The van der Waals surface area contributed by atoms with Crippen LogP contribution in [0, 0.1) is 0 Å². The predicted molar refractivity (Wildman–Crippen MR) is 97.8 cm³/mol. The smallest absolute Gasteiger partial charge is 0.213 e. The van der Waals surface area contributed by atoms with Crippen molar-refractivity contribution in [3.63, 3.8) is 0 Å². The number of rotatable bonds is 8. The van der Waals surface area contributed by atoms with Crippen molar-refractivity contribution in [1.82, 2.24) is 15.6 Å². The van der Waals surface area contributed by atoms with Crippen LogP contribution in [0.15, 0.2) is 15.6 Å². The number of aliphatic imine (C=N–C) groups is 1. The van der Waals surface area contributed by atoms with Crippen molar-refractivity contribution in [2.75, 3.05) is 33.4 Å². The lowest BCUT2D eigenvalue weighted by molar-refractivity contribution is 0.0168. The van der Waals surface area contributed by atoms with Gasteiger partial charge in [-0.1, -0.05) is 20.8 Å². The van der Waals surface area contributed by atoms with Crippen molar-refractivity contribution in [2.45, 2.75) is 58.1 Å². The number of nitrogens with one attached hydrogen (secondary N) is 2. The third-order valence-corrected chi connectivity index (χ3v) is 4.01. The molecule has 0 saturated carbocycles. The molecular formula is C18H32N4O3. The van der Waals surface area contributed by atoms with Gasteiger partial charge in [-0.25, -0.2) is 4.98 Å². The predicted octanol–water partition coefficient (Wildman–Crippen LogP) is 2.22. The zero-order valence-electron chi connectivity index (χ0n) is 15.9. The average molecular weight is 352 g/mol. The fraction of sp³-hybridized carbons (Fsp3) is 0.778. The first-order valence-electron chi connectivity index (χ1n) is 9.08. The summed E-state index contributed by atoms with van der Waals surface area (Å²) in [5.41, 5.74) is -0.0330. The molecule has 7 heteroatoms. The van der Waals surface area contributed by atoms with E-state index in [4.69, 9.17) is 13.9 Å². The van der Waals surface area contributed by atoms with Crippen molar-refractivity contribution in [2.24, 2.45) is 4.99 Å². The largest absolute Gasteiger partial charge is 0.443 e. The minimum atomic E-state index is -0.0330. The lowest BCUT2D eigenvalue weighted by Crippen LogP contribution is -2.37. The number of hydrogen-bond donors (Lipinski definition) is 2. The zero-order chi connectivity index (χ0) is 18.1. The molecule has 0 bridgehead atoms. The highest BCUT2D eigenvalue weighted by atomic mass is 16.5. The Morgan fingerprint density at radius 1 is 1.40 bits per heavy atom. The van der Waals surface area contributed by atoms with E-state index in [0.29, 0.717) is 25.1 Å². The summed E-state index contributed by atoms with van der Waals surface area (Å²) >= 11 is 0. The minimum Gasteiger partial charge on any atom is -0.443 e. The molecule has 1 aliphatic heterocycles. The van der Waals surface area contributed by atoms with Crippen molar-refractivity contribution in [3.8, 4) is 0 Å². The second kappa shape index (κ2) is 9.77. The van der Waals surface area contributed by atoms with Crippen LogP contribution in [0.1, 0.15) is 51.7 Å². The zero-order valence-corrected chi connectivity index (χ0v) is 15.9. The lowest BCUT2D eigenvalue weighted by atomic mass is 9.94. The van der Waals surface area contributed by atoms with E-state index >= 15 is 0 Å². The van der Waals surface area contributed by atoms with E-state index in [2.05, 4.69) is 41.4 Å².